The standard InChI is InChI=1S/C10H10BrN3OS/c1-15-7-4-12-10(13-5-7)14-6-9-8(11)2-3-16-9/h2-5H,6H2,1H3,(H,12,13,14). The smallest absolute Gasteiger partial charge is 0.223 e. The van der Waals surface area contributed by atoms with Crippen LogP contribution in [0.4, 0.5) is 5.95 Å². The molecule has 0 aromatic carbocycles. The zero-order chi connectivity index (χ0) is 11.4. The van der Waals surface area contributed by atoms with Crippen molar-refractivity contribution in [1.29, 1.82) is 0 Å². The number of hydrogen-bond donors (Lipinski definition) is 1. The topological polar surface area (TPSA) is 47.0 Å². The first kappa shape index (κ1) is 11.3. The van der Waals surface area contributed by atoms with Crippen molar-refractivity contribution >= 4 is 33.2 Å². The Balaban J connectivity index is 1.97. The molecule has 0 radical (unpaired) electrons. The van der Waals surface area contributed by atoms with E-state index in [1.807, 2.05) is 11.4 Å². The number of thiophene rings is 1. The Hall–Kier alpha value is -1.14. The number of anilines is 1. The maximum atomic E-state index is 4.98. The molecule has 0 saturated heterocycles. The summed E-state index contributed by atoms with van der Waals surface area (Å²) in [5, 5.41) is 5.18. The minimum atomic E-state index is 0.598. The molecule has 0 bridgehead atoms. The molecule has 2 aromatic rings. The molecule has 0 fully saturated rings. The maximum absolute atomic E-state index is 4.98. The van der Waals surface area contributed by atoms with Gasteiger partial charge in [0.1, 0.15) is 0 Å². The predicted octanol–water partition coefficient (Wildman–Crippen LogP) is 2.92. The Kier molecular flexibility index (Phi) is 3.74. The van der Waals surface area contributed by atoms with Crippen molar-refractivity contribution in [3.8, 4) is 5.75 Å². The normalized spacial score (nSPS) is 10.1. The average Bonchev–Trinajstić information content (AvgIpc) is 2.73. The van der Waals surface area contributed by atoms with Crippen LogP contribution in [0.2, 0.25) is 0 Å². The van der Waals surface area contributed by atoms with Gasteiger partial charge in [0.15, 0.2) is 5.75 Å². The van der Waals surface area contributed by atoms with E-state index in [4.69, 9.17) is 4.74 Å². The molecule has 0 amide bonds. The van der Waals surface area contributed by atoms with Crippen LogP contribution >= 0.6 is 27.3 Å². The number of ether oxygens (including phenoxy) is 1. The van der Waals surface area contributed by atoms with Crippen LogP contribution < -0.4 is 10.1 Å². The van der Waals surface area contributed by atoms with Crippen molar-refractivity contribution in [2.24, 2.45) is 0 Å². The third-order valence-electron chi connectivity index (χ3n) is 1.96. The Bertz CT molecular complexity index is 457. The number of nitrogens with one attached hydrogen (secondary N) is 1. The molecule has 0 spiro atoms. The lowest BCUT2D eigenvalue weighted by Crippen LogP contribution is -2.02. The molecule has 2 aromatic heterocycles. The summed E-state index contributed by atoms with van der Waals surface area (Å²) in [7, 11) is 1.59. The molecule has 0 aliphatic heterocycles. The Morgan fingerprint density at radius 1 is 1.44 bits per heavy atom. The molecule has 2 rings (SSSR count). The minimum absolute atomic E-state index is 0.598. The van der Waals surface area contributed by atoms with Crippen LogP contribution in [0.25, 0.3) is 0 Å². The number of halogens is 1. The average molecular weight is 300 g/mol. The molecule has 0 atom stereocenters. The SMILES string of the molecule is COc1cnc(NCc2sccc2Br)nc1. The van der Waals surface area contributed by atoms with Gasteiger partial charge in [0, 0.05) is 9.35 Å². The lowest BCUT2D eigenvalue weighted by atomic mass is 10.4. The van der Waals surface area contributed by atoms with Crippen LogP contribution in [-0.4, -0.2) is 17.1 Å². The maximum Gasteiger partial charge on any atom is 0.223 e. The molecule has 4 nitrogen and oxygen atoms in total. The molecule has 0 aliphatic rings. The van der Waals surface area contributed by atoms with E-state index >= 15 is 0 Å². The molecule has 0 unspecified atom stereocenters. The summed E-state index contributed by atoms with van der Waals surface area (Å²) in [5.74, 6) is 1.25. The molecular formula is C10H10BrN3OS. The zero-order valence-electron chi connectivity index (χ0n) is 8.61. The monoisotopic (exact) mass is 299 g/mol. The number of hydrogen-bond acceptors (Lipinski definition) is 5. The number of rotatable bonds is 4. The second-order valence-electron chi connectivity index (χ2n) is 2.99. The molecule has 1 N–H and O–H groups in total. The van der Waals surface area contributed by atoms with Crippen molar-refractivity contribution in [3.05, 3.63) is 33.2 Å². The Morgan fingerprint density at radius 2 is 2.19 bits per heavy atom. The minimum Gasteiger partial charge on any atom is -0.494 e. The summed E-state index contributed by atoms with van der Waals surface area (Å²) in [5.41, 5.74) is 0. The van der Waals surface area contributed by atoms with Gasteiger partial charge in [-0.15, -0.1) is 11.3 Å². The third-order valence-corrected chi connectivity index (χ3v) is 3.89. The number of aromatic nitrogens is 2. The number of methoxy groups -OCH3 is 1. The quantitative estimate of drug-likeness (QED) is 0.943. The summed E-state index contributed by atoms with van der Waals surface area (Å²) >= 11 is 5.16. The van der Waals surface area contributed by atoms with E-state index in [9.17, 15) is 0 Å². The third kappa shape index (κ3) is 2.70. The van der Waals surface area contributed by atoms with Gasteiger partial charge in [-0.25, -0.2) is 9.97 Å². The van der Waals surface area contributed by atoms with Gasteiger partial charge in [0.2, 0.25) is 5.95 Å². The summed E-state index contributed by atoms with van der Waals surface area (Å²) < 4.78 is 6.09. The zero-order valence-corrected chi connectivity index (χ0v) is 11.0. The lowest BCUT2D eigenvalue weighted by molar-refractivity contribution is 0.411. The summed E-state index contributed by atoms with van der Waals surface area (Å²) in [6.07, 6.45) is 3.28. The van der Waals surface area contributed by atoms with Gasteiger partial charge in [0.25, 0.3) is 0 Å². The van der Waals surface area contributed by atoms with Gasteiger partial charge in [-0.1, -0.05) is 0 Å². The highest BCUT2D eigenvalue weighted by Crippen LogP contribution is 2.23. The van der Waals surface area contributed by atoms with Crippen LogP contribution in [-0.2, 0) is 6.54 Å². The van der Waals surface area contributed by atoms with E-state index in [2.05, 4.69) is 31.2 Å². The van der Waals surface area contributed by atoms with Crippen molar-refractivity contribution < 1.29 is 4.74 Å². The molecule has 84 valence electrons. The first-order chi connectivity index (χ1) is 7.79. The van der Waals surface area contributed by atoms with Crippen molar-refractivity contribution in [3.63, 3.8) is 0 Å². The highest BCUT2D eigenvalue weighted by atomic mass is 79.9. The molecule has 16 heavy (non-hydrogen) atoms. The fourth-order valence-corrected chi connectivity index (χ4v) is 2.56. The summed E-state index contributed by atoms with van der Waals surface area (Å²) in [6, 6.07) is 2.02. The van der Waals surface area contributed by atoms with E-state index in [0.29, 0.717) is 18.2 Å². The van der Waals surface area contributed by atoms with Crippen molar-refractivity contribution in [1.82, 2.24) is 9.97 Å². The fourth-order valence-electron chi connectivity index (χ4n) is 1.12. The van der Waals surface area contributed by atoms with Gasteiger partial charge in [-0.3, -0.25) is 0 Å². The van der Waals surface area contributed by atoms with Gasteiger partial charge in [-0.05, 0) is 27.4 Å². The van der Waals surface area contributed by atoms with Crippen LogP contribution in [0, 0.1) is 0 Å². The van der Waals surface area contributed by atoms with Gasteiger partial charge in [-0.2, -0.15) is 0 Å². The second kappa shape index (κ2) is 5.27. The first-order valence-electron chi connectivity index (χ1n) is 4.61. The summed E-state index contributed by atoms with van der Waals surface area (Å²) in [4.78, 5) is 9.46. The second-order valence-corrected chi connectivity index (χ2v) is 4.85. The van der Waals surface area contributed by atoms with Crippen molar-refractivity contribution in [2.75, 3.05) is 12.4 Å². The highest BCUT2D eigenvalue weighted by Gasteiger charge is 2.02. The fraction of sp³-hybridized carbons (Fsp3) is 0.200. The van der Waals surface area contributed by atoms with Crippen molar-refractivity contribution in [2.45, 2.75) is 6.54 Å². The number of nitrogens with zero attached hydrogens (tertiary/aromatic N) is 2. The van der Waals surface area contributed by atoms with Crippen LogP contribution in [0.3, 0.4) is 0 Å². The largest absolute Gasteiger partial charge is 0.494 e. The van der Waals surface area contributed by atoms with Crippen LogP contribution in [0.5, 0.6) is 5.75 Å². The van der Waals surface area contributed by atoms with E-state index in [1.165, 1.54) is 4.88 Å². The molecule has 0 aliphatic carbocycles. The first-order valence-corrected chi connectivity index (χ1v) is 6.28. The lowest BCUT2D eigenvalue weighted by Gasteiger charge is -2.04. The van der Waals surface area contributed by atoms with E-state index in [1.54, 1.807) is 30.8 Å². The van der Waals surface area contributed by atoms with Crippen LogP contribution in [0.15, 0.2) is 28.3 Å². The van der Waals surface area contributed by atoms with Gasteiger partial charge < -0.3 is 10.1 Å². The molecule has 2 heterocycles. The van der Waals surface area contributed by atoms with Gasteiger partial charge in [0.05, 0.1) is 26.0 Å². The molecular weight excluding hydrogens is 290 g/mol. The predicted molar refractivity (Wildman–Crippen MR) is 67.9 cm³/mol. The summed E-state index contributed by atoms with van der Waals surface area (Å²) in [6.45, 7) is 0.713. The molecule has 0 saturated carbocycles. The van der Waals surface area contributed by atoms with Crippen LogP contribution in [0.1, 0.15) is 4.88 Å². The van der Waals surface area contributed by atoms with E-state index in [0.717, 1.165) is 4.47 Å². The Morgan fingerprint density at radius 3 is 2.75 bits per heavy atom. The Labute approximate surface area is 106 Å². The van der Waals surface area contributed by atoms with E-state index in [-0.39, 0.29) is 0 Å². The van der Waals surface area contributed by atoms with E-state index < -0.39 is 0 Å². The highest BCUT2D eigenvalue weighted by molar-refractivity contribution is 9.10. The van der Waals surface area contributed by atoms with Gasteiger partial charge >= 0.3 is 0 Å². The molecule has 6 heteroatoms.